The van der Waals surface area contributed by atoms with Gasteiger partial charge in [0.1, 0.15) is 12.2 Å². The molecule has 1 rings (SSSR count). The minimum absolute atomic E-state index is 0.0635. The van der Waals surface area contributed by atoms with Crippen LogP contribution in [0.1, 0.15) is 20.3 Å². The molecule has 0 aromatic carbocycles. The molecule has 5 atom stereocenters. The van der Waals surface area contributed by atoms with E-state index in [0.29, 0.717) is 6.42 Å². The molecule has 90 valence electrons. The van der Waals surface area contributed by atoms with Gasteiger partial charge >= 0.3 is 0 Å². The molecule has 0 aromatic heterocycles. The van der Waals surface area contributed by atoms with Crippen LogP contribution in [0.4, 0.5) is 0 Å². The summed E-state index contributed by atoms with van der Waals surface area (Å²) in [5.41, 5.74) is 0. The Bertz CT molecular complexity index is 194. The van der Waals surface area contributed by atoms with Crippen molar-refractivity contribution >= 4 is 0 Å². The Hall–Kier alpha value is -0.200. The fourth-order valence-electron chi connectivity index (χ4n) is 1.95. The molecule has 1 fully saturated rings. The van der Waals surface area contributed by atoms with Gasteiger partial charge in [0.05, 0.1) is 18.3 Å². The van der Waals surface area contributed by atoms with Crippen LogP contribution in [0.3, 0.4) is 0 Å². The molecule has 0 aliphatic heterocycles. The summed E-state index contributed by atoms with van der Waals surface area (Å²) in [6.45, 7) is 3.44. The van der Waals surface area contributed by atoms with Gasteiger partial charge < -0.3 is 25.2 Å². The summed E-state index contributed by atoms with van der Waals surface area (Å²) in [5, 5.41) is 37.7. The number of ether oxygens (including phenoxy) is 1. The Kier molecular flexibility index (Phi) is 4.48. The van der Waals surface area contributed by atoms with Crippen molar-refractivity contribution in [1.82, 2.24) is 0 Å². The van der Waals surface area contributed by atoms with Crippen molar-refractivity contribution < 1.29 is 25.2 Å². The fourth-order valence-corrected chi connectivity index (χ4v) is 1.95. The van der Waals surface area contributed by atoms with E-state index in [4.69, 9.17) is 9.84 Å². The van der Waals surface area contributed by atoms with Crippen molar-refractivity contribution in [3.05, 3.63) is 0 Å². The van der Waals surface area contributed by atoms with Crippen LogP contribution in [0.2, 0.25) is 0 Å². The van der Waals surface area contributed by atoms with Gasteiger partial charge in [0.2, 0.25) is 0 Å². The molecule has 1 saturated carbocycles. The van der Waals surface area contributed by atoms with E-state index in [-0.39, 0.29) is 12.7 Å². The van der Waals surface area contributed by atoms with Crippen LogP contribution in [0.15, 0.2) is 0 Å². The number of hydrogen-bond acceptors (Lipinski definition) is 5. The first-order valence-corrected chi connectivity index (χ1v) is 5.28. The summed E-state index contributed by atoms with van der Waals surface area (Å²) in [5.74, 6) is -0.438. The highest BCUT2D eigenvalue weighted by molar-refractivity contribution is 4.93. The molecule has 1 aliphatic carbocycles. The summed E-state index contributed by atoms with van der Waals surface area (Å²) < 4.78 is 5.42. The molecular weight excluding hydrogens is 200 g/mol. The van der Waals surface area contributed by atoms with Gasteiger partial charge in [-0.1, -0.05) is 0 Å². The van der Waals surface area contributed by atoms with Crippen LogP contribution in [0.25, 0.3) is 0 Å². The number of hydrogen-bond donors (Lipinski definition) is 4. The number of aliphatic hydroxyl groups is 4. The third-order valence-corrected chi connectivity index (χ3v) is 2.78. The maximum Gasteiger partial charge on any atom is 0.109 e. The van der Waals surface area contributed by atoms with Gasteiger partial charge in [0.25, 0.3) is 0 Å². The average Bonchev–Trinajstić information content (AvgIpc) is 2.18. The van der Waals surface area contributed by atoms with E-state index in [1.54, 1.807) is 0 Å². The molecule has 4 N–H and O–H groups in total. The largest absolute Gasteiger partial charge is 0.396 e. The van der Waals surface area contributed by atoms with E-state index in [2.05, 4.69) is 0 Å². The van der Waals surface area contributed by atoms with Crippen molar-refractivity contribution in [3.63, 3.8) is 0 Å². The van der Waals surface area contributed by atoms with E-state index in [9.17, 15) is 15.3 Å². The van der Waals surface area contributed by atoms with E-state index < -0.39 is 30.3 Å². The maximum atomic E-state index is 9.65. The number of aliphatic hydroxyl groups excluding tert-OH is 4. The molecule has 5 nitrogen and oxygen atoms in total. The minimum Gasteiger partial charge on any atom is -0.396 e. The standard InChI is InChI=1S/C10H20O5/c1-5(2)15-7-3-6(4-11)8(12)10(14)9(7)13/h5-14H,3-4H2,1-2H3/t6-,7+,8-,9+,10+/m1/s1. The zero-order valence-electron chi connectivity index (χ0n) is 9.08. The second-order valence-corrected chi connectivity index (χ2v) is 4.37. The highest BCUT2D eigenvalue weighted by atomic mass is 16.5. The van der Waals surface area contributed by atoms with Gasteiger partial charge in [-0.25, -0.2) is 0 Å². The Morgan fingerprint density at radius 3 is 2.20 bits per heavy atom. The van der Waals surface area contributed by atoms with Crippen molar-refractivity contribution in [2.24, 2.45) is 5.92 Å². The second kappa shape index (κ2) is 5.23. The lowest BCUT2D eigenvalue weighted by molar-refractivity contribution is -0.186. The van der Waals surface area contributed by atoms with E-state index in [1.807, 2.05) is 13.8 Å². The van der Waals surface area contributed by atoms with Crippen LogP contribution < -0.4 is 0 Å². The summed E-state index contributed by atoms with van der Waals surface area (Å²) in [6, 6.07) is 0. The van der Waals surface area contributed by atoms with E-state index in [0.717, 1.165) is 0 Å². The average molecular weight is 220 g/mol. The quantitative estimate of drug-likeness (QED) is 0.483. The predicted molar refractivity (Wildman–Crippen MR) is 53.2 cm³/mol. The van der Waals surface area contributed by atoms with Crippen molar-refractivity contribution in [2.75, 3.05) is 6.61 Å². The lowest BCUT2D eigenvalue weighted by Crippen LogP contribution is -2.55. The first-order valence-electron chi connectivity index (χ1n) is 5.28. The lowest BCUT2D eigenvalue weighted by Gasteiger charge is -2.40. The Balaban J connectivity index is 2.65. The highest BCUT2D eigenvalue weighted by Crippen LogP contribution is 2.28. The van der Waals surface area contributed by atoms with Crippen molar-refractivity contribution in [3.8, 4) is 0 Å². The lowest BCUT2D eigenvalue weighted by atomic mass is 9.81. The van der Waals surface area contributed by atoms with Crippen molar-refractivity contribution in [1.29, 1.82) is 0 Å². The van der Waals surface area contributed by atoms with Crippen LogP contribution >= 0.6 is 0 Å². The molecule has 5 heteroatoms. The van der Waals surface area contributed by atoms with Crippen LogP contribution in [0.5, 0.6) is 0 Å². The van der Waals surface area contributed by atoms with Gasteiger partial charge in [-0.3, -0.25) is 0 Å². The monoisotopic (exact) mass is 220 g/mol. The normalized spacial score (nSPS) is 42.2. The fraction of sp³-hybridized carbons (Fsp3) is 1.00. The van der Waals surface area contributed by atoms with Gasteiger partial charge in [0.15, 0.2) is 0 Å². The topological polar surface area (TPSA) is 90.2 Å². The first-order chi connectivity index (χ1) is 6.97. The Morgan fingerprint density at radius 2 is 1.73 bits per heavy atom. The van der Waals surface area contributed by atoms with E-state index in [1.165, 1.54) is 0 Å². The van der Waals surface area contributed by atoms with Crippen molar-refractivity contribution in [2.45, 2.75) is 50.8 Å². The zero-order valence-corrected chi connectivity index (χ0v) is 9.08. The Morgan fingerprint density at radius 1 is 1.13 bits per heavy atom. The molecule has 0 spiro atoms. The third kappa shape index (κ3) is 2.89. The molecule has 0 heterocycles. The summed E-state index contributed by atoms with van der Waals surface area (Å²) >= 11 is 0. The van der Waals surface area contributed by atoms with Gasteiger partial charge in [-0.15, -0.1) is 0 Å². The summed E-state index contributed by atoms with van der Waals surface area (Å²) in [4.78, 5) is 0. The number of rotatable bonds is 3. The predicted octanol–water partition coefficient (Wildman–Crippen LogP) is -1.13. The smallest absolute Gasteiger partial charge is 0.109 e. The molecule has 0 bridgehead atoms. The molecule has 0 aromatic rings. The highest BCUT2D eigenvalue weighted by Gasteiger charge is 2.43. The van der Waals surface area contributed by atoms with Crippen LogP contribution in [-0.2, 0) is 4.74 Å². The molecule has 0 saturated heterocycles. The minimum atomic E-state index is -1.25. The molecular formula is C10H20O5. The van der Waals surface area contributed by atoms with Gasteiger partial charge in [-0.05, 0) is 20.3 Å². The SMILES string of the molecule is CC(C)O[C@H]1C[C@H](CO)[C@@H](O)[C@H](O)[C@H]1O. The summed E-state index contributed by atoms with van der Waals surface area (Å²) in [6.07, 6.45) is -3.66. The molecule has 0 amide bonds. The van der Waals surface area contributed by atoms with Gasteiger partial charge in [0, 0.05) is 12.5 Å². The summed E-state index contributed by atoms with van der Waals surface area (Å²) in [7, 11) is 0. The zero-order chi connectivity index (χ0) is 11.6. The molecule has 0 unspecified atom stereocenters. The Labute approximate surface area is 89.3 Å². The molecule has 15 heavy (non-hydrogen) atoms. The maximum absolute atomic E-state index is 9.65. The van der Waals surface area contributed by atoms with E-state index >= 15 is 0 Å². The second-order valence-electron chi connectivity index (χ2n) is 4.37. The van der Waals surface area contributed by atoms with Gasteiger partial charge in [-0.2, -0.15) is 0 Å². The first kappa shape index (κ1) is 12.9. The molecule has 0 radical (unpaired) electrons. The third-order valence-electron chi connectivity index (χ3n) is 2.78. The molecule has 1 aliphatic rings. The van der Waals surface area contributed by atoms with Crippen LogP contribution in [-0.4, -0.2) is 57.6 Å². The van der Waals surface area contributed by atoms with Crippen LogP contribution in [0, 0.1) is 5.92 Å².